The number of Topliss-reactive ketones (excluding diaryl/α,β-unsaturated/α-hetero) is 1. The molecule has 0 saturated heterocycles. The Morgan fingerprint density at radius 1 is 1.30 bits per heavy atom. The molecule has 6 heteroatoms. The number of hydrogen-bond acceptors (Lipinski definition) is 5. The zero-order valence-corrected chi connectivity index (χ0v) is 12.6. The van der Waals surface area contributed by atoms with Crippen LogP contribution in [0.2, 0.25) is 0 Å². The fourth-order valence-electron chi connectivity index (χ4n) is 1.48. The molecule has 0 bridgehead atoms. The highest BCUT2D eigenvalue weighted by Crippen LogP contribution is 2.08. The predicted molar refractivity (Wildman–Crippen MR) is 74.3 cm³/mol. The summed E-state index contributed by atoms with van der Waals surface area (Å²) >= 11 is 0. The van der Waals surface area contributed by atoms with Crippen molar-refractivity contribution >= 4 is 11.9 Å². The van der Waals surface area contributed by atoms with Gasteiger partial charge in [0.1, 0.15) is 5.60 Å². The number of aryl methyl sites for hydroxylation is 1. The first-order chi connectivity index (χ1) is 9.17. The molecule has 0 aromatic carbocycles. The van der Waals surface area contributed by atoms with Gasteiger partial charge in [0.2, 0.25) is 0 Å². The molecule has 1 rings (SSSR count). The zero-order valence-electron chi connectivity index (χ0n) is 12.6. The Morgan fingerprint density at radius 3 is 2.40 bits per heavy atom. The van der Waals surface area contributed by atoms with Crippen molar-refractivity contribution in [2.75, 3.05) is 0 Å². The minimum Gasteiger partial charge on any atom is -0.444 e. The van der Waals surface area contributed by atoms with E-state index >= 15 is 0 Å². The highest BCUT2D eigenvalue weighted by Gasteiger charge is 2.22. The molecule has 1 N–H and O–H groups in total. The Kier molecular flexibility index (Phi) is 5.19. The molecule has 0 saturated carbocycles. The summed E-state index contributed by atoms with van der Waals surface area (Å²) in [6.07, 6.45) is 2.90. The van der Waals surface area contributed by atoms with Gasteiger partial charge in [-0.15, -0.1) is 0 Å². The SMILES string of the molecule is CC(=O)[C@H](Cc1cnc(C)cn1)NC(=O)OC(C)(C)C. The van der Waals surface area contributed by atoms with Crippen molar-refractivity contribution in [2.45, 2.75) is 52.7 Å². The average molecular weight is 279 g/mol. The standard InChI is InChI=1S/C14H21N3O3/c1-9-7-16-11(8-15-9)6-12(10(2)18)17-13(19)20-14(3,4)5/h7-8,12H,6H2,1-5H3,(H,17,19)/t12-/m0/s1. The van der Waals surface area contributed by atoms with Crippen molar-refractivity contribution < 1.29 is 14.3 Å². The first-order valence-electron chi connectivity index (χ1n) is 6.45. The summed E-state index contributed by atoms with van der Waals surface area (Å²) in [6.45, 7) is 8.55. The van der Waals surface area contributed by atoms with Crippen molar-refractivity contribution in [3.05, 3.63) is 23.8 Å². The number of amides is 1. The van der Waals surface area contributed by atoms with Crippen LogP contribution in [0.25, 0.3) is 0 Å². The highest BCUT2D eigenvalue weighted by molar-refractivity contribution is 5.85. The van der Waals surface area contributed by atoms with Crippen LogP contribution in [0.3, 0.4) is 0 Å². The smallest absolute Gasteiger partial charge is 0.408 e. The van der Waals surface area contributed by atoms with E-state index < -0.39 is 17.7 Å². The largest absolute Gasteiger partial charge is 0.444 e. The van der Waals surface area contributed by atoms with Crippen LogP contribution in [0.4, 0.5) is 4.79 Å². The van der Waals surface area contributed by atoms with Crippen molar-refractivity contribution in [1.29, 1.82) is 0 Å². The van der Waals surface area contributed by atoms with Crippen molar-refractivity contribution in [3.63, 3.8) is 0 Å². The lowest BCUT2D eigenvalue weighted by Gasteiger charge is -2.22. The molecule has 0 aliphatic rings. The molecule has 0 aliphatic heterocycles. The van der Waals surface area contributed by atoms with Crippen molar-refractivity contribution in [2.24, 2.45) is 0 Å². The first kappa shape index (κ1) is 16.1. The number of carbonyl (C=O) groups is 2. The van der Waals surface area contributed by atoms with E-state index in [4.69, 9.17) is 4.74 Å². The van der Waals surface area contributed by atoms with E-state index in [9.17, 15) is 9.59 Å². The zero-order chi connectivity index (χ0) is 15.3. The van der Waals surface area contributed by atoms with E-state index in [1.807, 2.05) is 6.92 Å². The molecule has 0 unspecified atom stereocenters. The number of nitrogens with zero attached hydrogens (tertiary/aromatic N) is 2. The molecule has 6 nitrogen and oxygen atoms in total. The number of carbonyl (C=O) groups excluding carboxylic acids is 2. The van der Waals surface area contributed by atoms with Gasteiger partial charge < -0.3 is 10.1 Å². The Hall–Kier alpha value is -1.98. The summed E-state index contributed by atoms with van der Waals surface area (Å²) in [7, 11) is 0. The lowest BCUT2D eigenvalue weighted by Crippen LogP contribution is -2.44. The molecule has 0 radical (unpaired) electrons. The van der Waals surface area contributed by atoms with E-state index in [1.165, 1.54) is 6.92 Å². The second-order valence-electron chi connectivity index (χ2n) is 5.66. The molecule has 0 spiro atoms. The van der Waals surface area contributed by atoms with Gasteiger partial charge in [0.05, 0.1) is 17.4 Å². The number of alkyl carbamates (subject to hydrolysis) is 1. The summed E-state index contributed by atoms with van der Waals surface area (Å²) in [5.41, 5.74) is 0.842. The molecule has 0 fully saturated rings. The molecule has 1 aromatic heterocycles. The van der Waals surface area contributed by atoms with Crippen LogP contribution in [0.1, 0.15) is 39.1 Å². The molecular weight excluding hydrogens is 258 g/mol. The minimum absolute atomic E-state index is 0.154. The maximum Gasteiger partial charge on any atom is 0.408 e. The van der Waals surface area contributed by atoms with E-state index in [2.05, 4.69) is 15.3 Å². The van der Waals surface area contributed by atoms with E-state index in [0.29, 0.717) is 12.1 Å². The monoisotopic (exact) mass is 279 g/mol. The van der Waals surface area contributed by atoms with Gasteiger partial charge in [0, 0.05) is 18.8 Å². The van der Waals surface area contributed by atoms with Gasteiger partial charge in [0.15, 0.2) is 5.78 Å². The molecule has 1 amide bonds. The van der Waals surface area contributed by atoms with Gasteiger partial charge in [-0.3, -0.25) is 14.8 Å². The molecule has 0 aliphatic carbocycles. The molecule has 1 atom stereocenters. The van der Waals surface area contributed by atoms with E-state index in [0.717, 1.165) is 5.69 Å². The number of nitrogens with one attached hydrogen (secondary N) is 1. The van der Waals surface area contributed by atoms with Gasteiger partial charge in [-0.25, -0.2) is 4.79 Å². The van der Waals surface area contributed by atoms with Crippen molar-refractivity contribution in [3.8, 4) is 0 Å². The van der Waals surface area contributed by atoms with Crippen LogP contribution in [0.15, 0.2) is 12.4 Å². The van der Waals surface area contributed by atoms with Crippen LogP contribution in [-0.2, 0) is 16.0 Å². The summed E-state index contributed by atoms with van der Waals surface area (Å²) in [5.74, 6) is -0.154. The number of ketones is 1. The average Bonchev–Trinajstić information content (AvgIpc) is 2.28. The van der Waals surface area contributed by atoms with Gasteiger partial charge in [-0.05, 0) is 34.6 Å². The van der Waals surface area contributed by atoms with Crippen LogP contribution < -0.4 is 5.32 Å². The third-order valence-corrected chi connectivity index (χ3v) is 2.43. The summed E-state index contributed by atoms with van der Waals surface area (Å²) < 4.78 is 5.14. The van der Waals surface area contributed by atoms with Gasteiger partial charge >= 0.3 is 6.09 Å². The normalized spacial score (nSPS) is 12.7. The topological polar surface area (TPSA) is 81.2 Å². The number of hydrogen-bond donors (Lipinski definition) is 1. The van der Waals surface area contributed by atoms with Crippen LogP contribution in [0.5, 0.6) is 0 Å². The molecular formula is C14H21N3O3. The van der Waals surface area contributed by atoms with E-state index in [1.54, 1.807) is 33.2 Å². The summed E-state index contributed by atoms with van der Waals surface area (Å²) in [5, 5.41) is 2.56. The minimum atomic E-state index is -0.665. The second kappa shape index (κ2) is 6.45. The maximum atomic E-state index is 11.7. The van der Waals surface area contributed by atoms with Crippen LogP contribution >= 0.6 is 0 Å². The highest BCUT2D eigenvalue weighted by atomic mass is 16.6. The fraction of sp³-hybridized carbons (Fsp3) is 0.571. The molecule has 110 valence electrons. The van der Waals surface area contributed by atoms with Crippen LogP contribution in [-0.4, -0.2) is 33.5 Å². The Balaban J connectivity index is 2.68. The fourth-order valence-corrected chi connectivity index (χ4v) is 1.48. The second-order valence-corrected chi connectivity index (χ2v) is 5.66. The summed E-state index contributed by atoms with van der Waals surface area (Å²) in [4.78, 5) is 31.6. The lowest BCUT2D eigenvalue weighted by atomic mass is 10.1. The first-order valence-corrected chi connectivity index (χ1v) is 6.45. The Morgan fingerprint density at radius 2 is 1.95 bits per heavy atom. The predicted octanol–water partition coefficient (Wildman–Crippen LogP) is 1.81. The van der Waals surface area contributed by atoms with Gasteiger partial charge in [-0.1, -0.05) is 0 Å². The molecule has 1 heterocycles. The number of rotatable bonds is 4. The quantitative estimate of drug-likeness (QED) is 0.909. The third kappa shape index (κ3) is 5.77. The van der Waals surface area contributed by atoms with Crippen molar-refractivity contribution in [1.82, 2.24) is 15.3 Å². The molecule has 1 aromatic rings. The van der Waals surface area contributed by atoms with Gasteiger partial charge in [0.25, 0.3) is 0 Å². The Bertz CT molecular complexity index is 477. The number of aromatic nitrogens is 2. The maximum absolute atomic E-state index is 11.7. The van der Waals surface area contributed by atoms with E-state index in [-0.39, 0.29) is 5.78 Å². The van der Waals surface area contributed by atoms with Gasteiger partial charge in [-0.2, -0.15) is 0 Å². The number of ether oxygens (including phenoxy) is 1. The Labute approximate surface area is 119 Å². The lowest BCUT2D eigenvalue weighted by molar-refractivity contribution is -0.119. The van der Waals surface area contributed by atoms with Crippen LogP contribution in [0, 0.1) is 6.92 Å². The molecule has 20 heavy (non-hydrogen) atoms. The summed E-state index contributed by atoms with van der Waals surface area (Å²) in [6, 6.07) is -0.665. The third-order valence-electron chi connectivity index (χ3n) is 2.43.